The molecule has 0 spiro atoms. The van der Waals surface area contributed by atoms with E-state index in [1.165, 1.54) is 6.07 Å². The van der Waals surface area contributed by atoms with Crippen molar-refractivity contribution in [3.63, 3.8) is 0 Å². The predicted octanol–water partition coefficient (Wildman–Crippen LogP) is 5.14. The minimum atomic E-state index is -1.24. The number of phenols is 1. The fourth-order valence-electron chi connectivity index (χ4n) is 2.03. The smallest absolute Gasteiger partial charge is 0.161 e. The molecule has 2 aromatic rings. The van der Waals surface area contributed by atoms with Gasteiger partial charge in [-0.05, 0) is 24.6 Å². The van der Waals surface area contributed by atoms with Crippen molar-refractivity contribution < 1.29 is 18.3 Å². The van der Waals surface area contributed by atoms with Crippen LogP contribution in [0.5, 0.6) is 5.75 Å². The summed E-state index contributed by atoms with van der Waals surface area (Å²) in [6.07, 6.45) is 0.516. The van der Waals surface area contributed by atoms with Gasteiger partial charge >= 0.3 is 0 Å². The molecule has 0 aromatic heterocycles. The lowest BCUT2D eigenvalue weighted by Crippen LogP contribution is -2.11. The van der Waals surface area contributed by atoms with Crippen LogP contribution in [0.15, 0.2) is 34.8 Å². The van der Waals surface area contributed by atoms with Gasteiger partial charge in [0.1, 0.15) is 11.6 Å². The van der Waals surface area contributed by atoms with E-state index in [1.54, 1.807) is 12.1 Å². The van der Waals surface area contributed by atoms with Crippen molar-refractivity contribution in [1.29, 1.82) is 0 Å². The van der Waals surface area contributed by atoms with Crippen molar-refractivity contribution in [2.75, 3.05) is 5.32 Å². The van der Waals surface area contributed by atoms with E-state index in [4.69, 9.17) is 0 Å². The Balaban J connectivity index is 2.35. The summed E-state index contributed by atoms with van der Waals surface area (Å²) in [6.45, 7) is 1.83. The Bertz CT molecular complexity index is 664. The first-order chi connectivity index (χ1) is 9.92. The summed E-state index contributed by atoms with van der Waals surface area (Å²) in [5.41, 5.74) is 0.385. The van der Waals surface area contributed by atoms with Gasteiger partial charge in [-0.1, -0.05) is 22.9 Å². The third-order valence-electron chi connectivity index (χ3n) is 3.11. The lowest BCUT2D eigenvalue weighted by Gasteiger charge is -2.20. The van der Waals surface area contributed by atoms with Crippen LogP contribution in [0.2, 0.25) is 0 Å². The molecule has 0 heterocycles. The highest BCUT2D eigenvalue weighted by molar-refractivity contribution is 9.10. The van der Waals surface area contributed by atoms with E-state index in [0.717, 1.165) is 10.5 Å². The van der Waals surface area contributed by atoms with Crippen molar-refractivity contribution in [3.8, 4) is 5.75 Å². The molecule has 2 aromatic carbocycles. The van der Waals surface area contributed by atoms with E-state index in [-0.39, 0.29) is 11.4 Å². The zero-order valence-corrected chi connectivity index (χ0v) is 12.7. The van der Waals surface area contributed by atoms with Crippen molar-refractivity contribution in [2.45, 2.75) is 19.4 Å². The number of hydrogen-bond acceptors (Lipinski definition) is 2. The molecule has 0 saturated carbocycles. The van der Waals surface area contributed by atoms with Gasteiger partial charge in [0.25, 0.3) is 0 Å². The second-order valence-electron chi connectivity index (χ2n) is 4.55. The minimum Gasteiger partial charge on any atom is -0.508 e. The summed E-state index contributed by atoms with van der Waals surface area (Å²) in [6, 6.07) is 5.68. The Morgan fingerprint density at radius 3 is 2.43 bits per heavy atom. The summed E-state index contributed by atoms with van der Waals surface area (Å²) in [7, 11) is 0. The molecule has 0 saturated heterocycles. The zero-order valence-electron chi connectivity index (χ0n) is 11.1. The van der Waals surface area contributed by atoms with Gasteiger partial charge in [0.05, 0.1) is 11.7 Å². The average Bonchev–Trinajstić information content (AvgIpc) is 2.44. The quantitative estimate of drug-likeness (QED) is 0.741. The first-order valence-electron chi connectivity index (χ1n) is 6.31. The number of rotatable bonds is 4. The van der Waals surface area contributed by atoms with Crippen LogP contribution in [0.4, 0.5) is 18.9 Å². The van der Waals surface area contributed by atoms with Crippen LogP contribution < -0.4 is 5.32 Å². The highest BCUT2D eigenvalue weighted by Gasteiger charge is 2.17. The monoisotopic (exact) mass is 359 g/mol. The Morgan fingerprint density at radius 1 is 1.10 bits per heavy atom. The molecule has 0 aliphatic carbocycles. The number of hydrogen-bond donors (Lipinski definition) is 2. The Labute approximate surface area is 128 Å². The average molecular weight is 360 g/mol. The molecule has 112 valence electrons. The fourth-order valence-corrected chi connectivity index (χ4v) is 2.40. The molecule has 1 unspecified atom stereocenters. The summed E-state index contributed by atoms with van der Waals surface area (Å²) < 4.78 is 40.6. The van der Waals surface area contributed by atoms with Gasteiger partial charge in [-0.15, -0.1) is 0 Å². The van der Waals surface area contributed by atoms with E-state index in [0.29, 0.717) is 18.1 Å². The third kappa shape index (κ3) is 3.50. The molecular formula is C15H13BrF3NO. The van der Waals surface area contributed by atoms with Crippen LogP contribution in [-0.4, -0.2) is 5.11 Å². The van der Waals surface area contributed by atoms with E-state index < -0.39 is 23.5 Å². The van der Waals surface area contributed by atoms with Gasteiger partial charge in [0, 0.05) is 22.2 Å². The number of nitrogens with one attached hydrogen (secondary N) is 1. The topological polar surface area (TPSA) is 32.3 Å². The second kappa shape index (κ2) is 6.39. The number of halogens is 4. The van der Waals surface area contributed by atoms with Gasteiger partial charge < -0.3 is 10.4 Å². The van der Waals surface area contributed by atoms with Gasteiger partial charge in [-0.2, -0.15) is 0 Å². The first kappa shape index (κ1) is 15.7. The van der Waals surface area contributed by atoms with Crippen LogP contribution in [0, 0.1) is 17.5 Å². The maximum atomic E-state index is 13.7. The van der Waals surface area contributed by atoms with Crippen molar-refractivity contribution in [3.05, 3.63) is 57.8 Å². The Hall–Kier alpha value is -1.69. The summed E-state index contributed by atoms with van der Waals surface area (Å²) in [5, 5.41) is 12.7. The molecule has 2 rings (SSSR count). The van der Waals surface area contributed by atoms with Crippen LogP contribution in [0.25, 0.3) is 0 Å². The van der Waals surface area contributed by atoms with Crippen molar-refractivity contribution in [1.82, 2.24) is 0 Å². The molecule has 0 radical (unpaired) electrons. The number of aromatic hydroxyl groups is 1. The van der Waals surface area contributed by atoms with Gasteiger partial charge in [-0.3, -0.25) is 0 Å². The lowest BCUT2D eigenvalue weighted by molar-refractivity contribution is 0.462. The van der Waals surface area contributed by atoms with Crippen LogP contribution >= 0.6 is 15.9 Å². The van der Waals surface area contributed by atoms with E-state index in [9.17, 15) is 18.3 Å². The molecule has 0 bridgehead atoms. The van der Waals surface area contributed by atoms with Gasteiger partial charge in [-0.25, -0.2) is 13.2 Å². The number of anilines is 1. The van der Waals surface area contributed by atoms with Crippen molar-refractivity contribution in [2.24, 2.45) is 0 Å². The first-order valence-corrected chi connectivity index (χ1v) is 7.11. The van der Waals surface area contributed by atoms with E-state index in [2.05, 4.69) is 21.2 Å². The van der Waals surface area contributed by atoms with Gasteiger partial charge in [0.15, 0.2) is 11.6 Å². The van der Waals surface area contributed by atoms with Crippen LogP contribution in [0.1, 0.15) is 24.9 Å². The maximum Gasteiger partial charge on any atom is 0.161 e. The third-order valence-corrected chi connectivity index (χ3v) is 3.61. The Kier molecular flexibility index (Phi) is 4.77. The molecule has 0 fully saturated rings. The summed E-state index contributed by atoms with van der Waals surface area (Å²) in [4.78, 5) is 0. The van der Waals surface area contributed by atoms with Crippen molar-refractivity contribution >= 4 is 21.6 Å². The SMILES string of the molecule is CCC(Nc1cc(F)c(F)cc1F)c1cc(Br)ccc1O. The standard InChI is InChI=1S/C15H13BrF3NO/c1-2-13(9-5-8(16)3-4-15(9)21)20-14-7-11(18)10(17)6-12(14)19/h3-7,13,20-21H,2H2,1H3. The Morgan fingerprint density at radius 2 is 1.76 bits per heavy atom. The fraction of sp³-hybridized carbons (Fsp3) is 0.200. The van der Waals surface area contributed by atoms with Crippen LogP contribution in [0.3, 0.4) is 0 Å². The van der Waals surface area contributed by atoms with E-state index >= 15 is 0 Å². The van der Waals surface area contributed by atoms with Crippen LogP contribution in [-0.2, 0) is 0 Å². The largest absolute Gasteiger partial charge is 0.508 e. The molecule has 6 heteroatoms. The predicted molar refractivity (Wildman–Crippen MR) is 78.8 cm³/mol. The highest BCUT2D eigenvalue weighted by Crippen LogP contribution is 2.32. The highest BCUT2D eigenvalue weighted by atomic mass is 79.9. The molecule has 2 nitrogen and oxygen atoms in total. The molecule has 1 atom stereocenters. The summed E-state index contributed by atoms with van der Waals surface area (Å²) >= 11 is 3.29. The second-order valence-corrected chi connectivity index (χ2v) is 5.47. The molecule has 2 N–H and O–H groups in total. The molecule has 0 amide bonds. The normalized spacial score (nSPS) is 12.2. The number of phenolic OH excluding ortho intramolecular Hbond substituents is 1. The molecule has 0 aliphatic heterocycles. The van der Waals surface area contributed by atoms with E-state index in [1.807, 2.05) is 6.92 Å². The number of benzene rings is 2. The molecule has 21 heavy (non-hydrogen) atoms. The molecular weight excluding hydrogens is 347 g/mol. The van der Waals surface area contributed by atoms with Gasteiger partial charge in [0.2, 0.25) is 0 Å². The summed E-state index contributed by atoms with van der Waals surface area (Å²) in [5.74, 6) is -3.22. The lowest BCUT2D eigenvalue weighted by atomic mass is 10.0. The maximum absolute atomic E-state index is 13.7. The zero-order chi connectivity index (χ0) is 15.6. The minimum absolute atomic E-state index is 0.0422. The molecule has 0 aliphatic rings.